The van der Waals surface area contributed by atoms with E-state index in [1.807, 2.05) is 24.3 Å². The van der Waals surface area contributed by atoms with Gasteiger partial charge in [0.25, 0.3) is 11.8 Å². The van der Waals surface area contributed by atoms with Crippen LogP contribution in [-0.4, -0.2) is 38.6 Å². The number of nitrogens with two attached hydrogens (primary N) is 1. The van der Waals surface area contributed by atoms with Crippen molar-refractivity contribution in [2.75, 3.05) is 0 Å². The number of carbonyl (C=O) groups is 3. The first-order chi connectivity index (χ1) is 14.5. The number of hydrogen-bond donors (Lipinski definition) is 3. The highest BCUT2D eigenvalue weighted by Crippen LogP contribution is 2.24. The van der Waals surface area contributed by atoms with E-state index in [2.05, 4.69) is 20.3 Å². The maximum atomic E-state index is 12.9. The minimum atomic E-state index is -1.10. The Kier molecular flexibility index (Phi) is 5.36. The van der Waals surface area contributed by atoms with Crippen LogP contribution in [0.2, 0.25) is 0 Å². The smallest absolute Gasteiger partial charge is 0.287 e. The molecule has 4 rings (SSSR count). The molecule has 0 spiro atoms. The largest absolute Gasteiger partial charge is 0.363 e. The number of amides is 2. The van der Waals surface area contributed by atoms with Crippen LogP contribution >= 0.6 is 11.3 Å². The Bertz CT molecular complexity index is 1230. The Morgan fingerprint density at radius 2 is 1.90 bits per heavy atom. The third-order valence-corrected chi connectivity index (χ3v) is 5.47. The van der Waals surface area contributed by atoms with Crippen LogP contribution < -0.4 is 11.1 Å². The monoisotopic (exact) mass is 419 g/mol. The number of Topliss-reactive ketones (excluding diaryl/α,β-unsaturated/α-hetero) is 1. The first-order valence-electron chi connectivity index (χ1n) is 9.09. The van der Waals surface area contributed by atoms with Crippen LogP contribution in [0.1, 0.15) is 15.2 Å². The van der Waals surface area contributed by atoms with Crippen molar-refractivity contribution in [2.24, 2.45) is 5.73 Å². The number of H-pyrrole nitrogens is 1. The van der Waals surface area contributed by atoms with Crippen molar-refractivity contribution in [3.05, 3.63) is 70.8 Å². The molecule has 1 atom stereocenters. The number of ketones is 1. The normalized spacial score (nSPS) is 11.9. The van der Waals surface area contributed by atoms with E-state index >= 15 is 0 Å². The fourth-order valence-corrected chi connectivity index (χ4v) is 3.92. The molecule has 0 aliphatic heterocycles. The molecule has 0 fully saturated rings. The summed E-state index contributed by atoms with van der Waals surface area (Å²) >= 11 is 1.13. The van der Waals surface area contributed by atoms with E-state index in [4.69, 9.17) is 5.73 Å². The van der Waals surface area contributed by atoms with Gasteiger partial charge in [-0.3, -0.25) is 19.4 Å². The summed E-state index contributed by atoms with van der Waals surface area (Å²) < 4.78 is 0. The number of aromatic nitrogens is 3. The van der Waals surface area contributed by atoms with Gasteiger partial charge in [0.15, 0.2) is 0 Å². The first-order valence-corrected chi connectivity index (χ1v) is 9.97. The van der Waals surface area contributed by atoms with Gasteiger partial charge in [0, 0.05) is 29.7 Å². The van der Waals surface area contributed by atoms with Crippen molar-refractivity contribution in [1.82, 2.24) is 20.3 Å². The van der Waals surface area contributed by atoms with Gasteiger partial charge >= 0.3 is 0 Å². The number of pyridine rings is 1. The molecule has 8 nitrogen and oxygen atoms in total. The summed E-state index contributed by atoms with van der Waals surface area (Å²) in [6.45, 7) is 0. The van der Waals surface area contributed by atoms with Gasteiger partial charge < -0.3 is 16.0 Å². The molecular formula is C21H17N5O3S. The third kappa shape index (κ3) is 3.83. The minimum absolute atomic E-state index is 0.120. The zero-order chi connectivity index (χ0) is 21.1. The summed E-state index contributed by atoms with van der Waals surface area (Å²) in [5.74, 6) is -2.48. The Morgan fingerprint density at radius 3 is 2.67 bits per heavy atom. The second kappa shape index (κ2) is 8.26. The molecule has 4 aromatic rings. The maximum Gasteiger partial charge on any atom is 0.287 e. The lowest BCUT2D eigenvalue weighted by Crippen LogP contribution is -2.47. The summed E-state index contributed by atoms with van der Waals surface area (Å²) in [4.78, 5) is 48.8. The van der Waals surface area contributed by atoms with E-state index in [1.165, 1.54) is 5.51 Å². The van der Waals surface area contributed by atoms with Gasteiger partial charge in [-0.15, -0.1) is 11.3 Å². The van der Waals surface area contributed by atoms with Crippen molar-refractivity contribution in [3.63, 3.8) is 0 Å². The molecular weight excluding hydrogens is 402 g/mol. The average Bonchev–Trinajstić information content (AvgIpc) is 3.41. The van der Waals surface area contributed by atoms with E-state index in [-0.39, 0.29) is 6.42 Å². The topological polar surface area (TPSA) is 131 Å². The van der Waals surface area contributed by atoms with Gasteiger partial charge in [0.05, 0.1) is 11.2 Å². The standard InChI is InChI=1S/C21H17N5O3S/c22-20(28)18(27)16(9-12-10-24-14-6-2-1-5-13(12)14)26-21(29)19-17(25-11-30-19)15-7-3-4-8-23-15/h1-8,10-11,16,24H,9H2,(H2,22,28)(H,26,29). The predicted octanol–water partition coefficient (Wildman–Crippen LogP) is 2.08. The van der Waals surface area contributed by atoms with Crippen LogP contribution in [0.4, 0.5) is 0 Å². The van der Waals surface area contributed by atoms with Gasteiger partial charge in [-0.05, 0) is 23.8 Å². The van der Waals surface area contributed by atoms with E-state index in [1.54, 1.807) is 30.6 Å². The van der Waals surface area contributed by atoms with E-state index in [0.29, 0.717) is 16.3 Å². The van der Waals surface area contributed by atoms with Crippen LogP contribution in [0.5, 0.6) is 0 Å². The van der Waals surface area contributed by atoms with Crippen LogP contribution in [0, 0.1) is 0 Å². The zero-order valence-electron chi connectivity index (χ0n) is 15.7. The molecule has 9 heteroatoms. The Labute approximate surface area is 175 Å². The highest BCUT2D eigenvalue weighted by molar-refractivity contribution is 7.12. The molecule has 4 N–H and O–H groups in total. The number of primary amides is 1. The van der Waals surface area contributed by atoms with Gasteiger partial charge in [-0.2, -0.15) is 0 Å². The fourth-order valence-electron chi connectivity index (χ4n) is 3.22. The number of aromatic amines is 1. The number of thiazole rings is 1. The van der Waals surface area contributed by atoms with Gasteiger partial charge in [-0.1, -0.05) is 24.3 Å². The van der Waals surface area contributed by atoms with Crippen molar-refractivity contribution in [3.8, 4) is 11.4 Å². The van der Waals surface area contributed by atoms with Crippen LogP contribution in [0.3, 0.4) is 0 Å². The van der Waals surface area contributed by atoms with Gasteiger partial charge in [0.1, 0.15) is 16.6 Å². The molecule has 2 amide bonds. The number of rotatable bonds is 7. The summed E-state index contributed by atoms with van der Waals surface area (Å²) in [6, 6.07) is 11.8. The van der Waals surface area contributed by atoms with Crippen molar-refractivity contribution >= 4 is 39.8 Å². The van der Waals surface area contributed by atoms with Crippen molar-refractivity contribution < 1.29 is 14.4 Å². The average molecular weight is 419 g/mol. The molecule has 0 aliphatic carbocycles. The lowest BCUT2D eigenvalue weighted by Gasteiger charge is -2.16. The zero-order valence-corrected chi connectivity index (χ0v) is 16.5. The molecule has 150 valence electrons. The van der Waals surface area contributed by atoms with Crippen molar-refractivity contribution in [1.29, 1.82) is 0 Å². The summed E-state index contributed by atoms with van der Waals surface area (Å²) in [7, 11) is 0. The Hall–Kier alpha value is -3.85. The quantitative estimate of drug-likeness (QED) is 0.395. The molecule has 3 heterocycles. The van der Waals surface area contributed by atoms with Crippen LogP contribution in [0.15, 0.2) is 60.4 Å². The highest BCUT2D eigenvalue weighted by Gasteiger charge is 2.28. The Balaban J connectivity index is 1.62. The number of fused-ring (bicyclic) bond motifs is 1. The van der Waals surface area contributed by atoms with Crippen LogP contribution in [-0.2, 0) is 16.0 Å². The number of nitrogens with one attached hydrogen (secondary N) is 2. The van der Waals surface area contributed by atoms with E-state index in [9.17, 15) is 14.4 Å². The predicted molar refractivity (Wildman–Crippen MR) is 113 cm³/mol. The molecule has 30 heavy (non-hydrogen) atoms. The second-order valence-corrected chi connectivity index (χ2v) is 7.42. The lowest BCUT2D eigenvalue weighted by molar-refractivity contribution is -0.137. The van der Waals surface area contributed by atoms with Crippen molar-refractivity contribution in [2.45, 2.75) is 12.5 Å². The molecule has 0 saturated heterocycles. The van der Waals surface area contributed by atoms with Crippen LogP contribution in [0.25, 0.3) is 22.3 Å². The third-order valence-electron chi connectivity index (χ3n) is 4.64. The maximum absolute atomic E-state index is 12.9. The summed E-state index contributed by atoms with van der Waals surface area (Å²) in [5.41, 5.74) is 9.39. The SMILES string of the molecule is NC(=O)C(=O)C(Cc1c[nH]c2ccccc12)NC(=O)c1scnc1-c1ccccn1. The van der Waals surface area contributed by atoms with Gasteiger partial charge in [0.2, 0.25) is 5.78 Å². The number of hydrogen-bond acceptors (Lipinski definition) is 6. The molecule has 0 aliphatic rings. The molecule has 0 saturated carbocycles. The molecule has 1 aromatic carbocycles. The number of nitrogens with zero attached hydrogens (tertiary/aromatic N) is 2. The fraction of sp³-hybridized carbons (Fsp3) is 0.0952. The molecule has 0 radical (unpaired) electrons. The lowest BCUT2D eigenvalue weighted by atomic mass is 10.0. The number of benzene rings is 1. The molecule has 0 bridgehead atoms. The van der Waals surface area contributed by atoms with E-state index in [0.717, 1.165) is 27.8 Å². The highest BCUT2D eigenvalue weighted by atomic mass is 32.1. The number of para-hydroxylation sites is 1. The summed E-state index contributed by atoms with van der Waals surface area (Å²) in [6.07, 6.45) is 3.48. The minimum Gasteiger partial charge on any atom is -0.363 e. The molecule has 1 unspecified atom stereocenters. The van der Waals surface area contributed by atoms with Gasteiger partial charge in [-0.25, -0.2) is 4.98 Å². The van der Waals surface area contributed by atoms with E-state index < -0.39 is 23.6 Å². The second-order valence-electron chi connectivity index (χ2n) is 6.56. The Morgan fingerprint density at radius 1 is 1.10 bits per heavy atom. The first kappa shape index (κ1) is 19.5. The molecule has 3 aromatic heterocycles. The summed E-state index contributed by atoms with van der Waals surface area (Å²) in [5, 5.41) is 3.56. The number of carbonyl (C=O) groups excluding carboxylic acids is 3.